The molecule has 0 atom stereocenters. The van der Waals surface area contributed by atoms with Crippen molar-refractivity contribution in [2.45, 2.75) is 39.5 Å². The van der Waals surface area contributed by atoms with Gasteiger partial charge in [-0.15, -0.1) is 0 Å². The summed E-state index contributed by atoms with van der Waals surface area (Å²) < 4.78 is 1.17. The largest absolute Gasteiger partial charge is 0.358 e. The fourth-order valence-corrected chi connectivity index (χ4v) is 4.16. The van der Waals surface area contributed by atoms with Crippen LogP contribution in [0.5, 0.6) is 0 Å². The molecule has 0 amide bonds. The molecule has 1 N–H and O–H groups in total. The zero-order valence-electron chi connectivity index (χ0n) is 18.9. The molecule has 164 valence electrons. The van der Waals surface area contributed by atoms with Crippen LogP contribution in [0.3, 0.4) is 0 Å². The van der Waals surface area contributed by atoms with Crippen molar-refractivity contribution < 1.29 is 0 Å². The molecular formula is C26H33N3O2. The first-order valence-electron chi connectivity index (χ1n) is 11.0. The fourth-order valence-electron chi connectivity index (χ4n) is 4.16. The monoisotopic (exact) mass is 419 g/mol. The van der Waals surface area contributed by atoms with Crippen LogP contribution in [0.2, 0.25) is 0 Å². The summed E-state index contributed by atoms with van der Waals surface area (Å²) in [5, 5.41) is 0. The highest BCUT2D eigenvalue weighted by Gasteiger charge is 2.24. The summed E-state index contributed by atoms with van der Waals surface area (Å²) in [6.45, 7) is 9.52. The first-order valence-corrected chi connectivity index (χ1v) is 11.0. The second-order valence-electron chi connectivity index (χ2n) is 8.38. The maximum absolute atomic E-state index is 13.0. The summed E-state index contributed by atoms with van der Waals surface area (Å²) in [4.78, 5) is 30.5. The molecule has 1 fully saturated rings. The van der Waals surface area contributed by atoms with E-state index in [2.05, 4.69) is 47.7 Å². The molecule has 3 rings (SSSR count). The number of piperidine rings is 1. The van der Waals surface area contributed by atoms with Crippen molar-refractivity contribution in [1.29, 1.82) is 0 Å². The first-order chi connectivity index (χ1) is 14.9. The van der Waals surface area contributed by atoms with Gasteiger partial charge in [-0.1, -0.05) is 66.3 Å². The van der Waals surface area contributed by atoms with Gasteiger partial charge in [-0.2, -0.15) is 0 Å². The number of anilines is 1. The van der Waals surface area contributed by atoms with E-state index in [0.717, 1.165) is 37.9 Å². The second-order valence-corrected chi connectivity index (χ2v) is 8.38. The molecule has 1 aliphatic rings. The Hall–Kier alpha value is -3.08. The van der Waals surface area contributed by atoms with Gasteiger partial charge in [-0.3, -0.25) is 14.3 Å². The Labute approximate surface area is 184 Å². The Morgan fingerprint density at radius 3 is 2.48 bits per heavy atom. The highest BCUT2D eigenvalue weighted by Crippen LogP contribution is 2.28. The molecule has 1 aromatic heterocycles. The Morgan fingerprint density at radius 1 is 1.19 bits per heavy atom. The number of hydrogen-bond acceptors (Lipinski definition) is 3. The summed E-state index contributed by atoms with van der Waals surface area (Å²) in [5.41, 5.74) is 3.65. The molecule has 31 heavy (non-hydrogen) atoms. The minimum atomic E-state index is -0.361. The molecule has 0 radical (unpaired) electrons. The quantitative estimate of drug-likeness (QED) is 0.682. The second kappa shape index (κ2) is 10.3. The van der Waals surface area contributed by atoms with E-state index in [4.69, 9.17) is 0 Å². The van der Waals surface area contributed by atoms with E-state index in [9.17, 15) is 9.59 Å². The summed E-state index contributed by atoms with van der Waals surface area (Å²) >= 11 is 0. The lowest BCUT2D eigenvalue weighted by molar-refractivity contribution is 0.402. The number of benzene rings is 1. The van der Waals surface area contributed by atoms with Gasteiger partial charge in [0.05, 0.1) is 5.56 Å². The molecule has 1 aromatic carbocycles. The Kier molecular flexibility index (Phi) is 7.50. The van der Waals surface area contributed by atoms with Gasteiger partial charge in [0.15, 0.2) is 0 Å². The molecule has 2 heterocycles. The van der Waals surface area contributed by atoms with E-state index in [-0.39, 0.29) is 11.2 Å². The molecule has 2 aromatic rings. The van der Waals surface area contributed by atoms with Crippen molar-refractivity contribution in [3.05, 3.63) is 98.3 Å². The fraction of sp³-hybridized carbons (Fsp3) is 0.385. The number of aryl methyl sites for hydroxylation is 1. The Bertz CT molecular complexity index is 1080. The number of nitrogens with zero attached hydrogens (tertiary/aromatic N) is 2. The van der Waals surface area contributed by atoms with Crippen molar-refractivity contribution in [2.24, 2.45) is 13.0 Å². The Morgan fingerprint density at radius 2 is 1.87 bits per heavy atom. The van der Waals surface area contributed by atoms with Gasteiger partial charge in [0, 0.05) is 26.6 Å². The van der Waals surface area contributed by atoms with E-state index in [0.29, 0.717) is 23.7 Å². The van der Waals surface area contributed by atoms with Crippen LogP contribution in [0, 0.1) is 12.8 Å². The molecule has 5 heteroatoms. The summed E-state index contributed by atoms with van der Waals surface area (Å²) in [5.74, 6) is 1.28. The number of nitrogens with one attached hydrogen (secondary N) is 1. The van der Waals surface area contributed by atoms with E-state index in [1.165, 1.54) is 22.8 Å². The molecule has 0 spiro atoms. The van der Waals surface area contributed by atoms with Gasteiger partial charge < -0.3 is 4.90 Å². The molecule has 5 nitrogen and oxygen atoms in total. The van der Waals surface area contributed by atoms with Crippen LogP contribution in [0.25, 0.3) is 0 Å². The van der Waals surface area contributed by atoms with Gasteiger partial charge in [0.2, 0.25) is 0 Å². The predicted molar refractivity (Wildman–Crippen MR) is 129 cm³/mol. The van der Waals surface area contributed by atoms with Crippen LogP contribution in [-0.2, 0) is 13.5 Å². The number of aromatic nitrogens is 2. The molecule has 0 bridgehead atoms. The number of H-pyrrole nitrogens is 1. The molecule has 0 saturated carbocycles. The summed E-state index contributed by atoms with van der Waals surface area (Å²) in [6, 6.07) is 8.20. The number of rotatable bonds is 7. The van der Waals surface area contributed by atoms with E-state index in [1.807, 2.05) is 25.1 Å². The van der Waals surface area contributed by atoms with Crippen LogP contribution in [0.1, 0.15) is 42.9 Å². The normalized spacial score (nSPS) is 15.6. The standard InChI is InChI=1S/C26H33N3O2/c1-5-7-8-20(6-2)17-22-13-15-29(16-14-22)24-23(25(30)28(4)26(31)27-24)18-21-11-9-19(3)10-12-21/h5-12,22H,1,13-18H2,2-4H3,(H,27,31)/b8-7-,20-6+. The molecular weight excluding hydrogens is 386 g/mol. The average Bonchev–Trinajstić information content (AvgIpc) is 2.78. The SMILES string of the molecule is C=C/C=C\C(=C/C)CC1CCN(c2[nH]c(=O)n(C)c(=O)c2Cc2ccc(C)cc2)CC1. The lowest BCUT2D eigenvalue weighted by atomic mass is 9.89. The Balaban J connectivity index is 1.80. The minimum absolute atomic E-state index is 0.216. The minimum Gasteiger partial charge on any atom is -0.358 e. The van der Waals surface area contributed by atoms with Crippen LogP contribution in [0.4, 0.5) is 5.82 Å². The van der Waals surface area contributed by atoms with Gasteiger partial charge in [-0.25, -0.2) is 4.79 Å². The topological polar surface area (TPSA) is 58.1 Å². The van der Waals surface area contributed by atoms with Crippen molar-refractivity contribution in [3.63, 3.8) is 0 Å². The van der Waals surface area contributed by atoms with Crippen molar-refractivity contribution in [2.75, 3.05) is 18.0 Å². The van der Waals surface area contributed by atoms with Crippen molar-refractivity contribution in [1.82, 2.24) is 9.55 Å². The molecule has 1 saturated heterocycles. The van der Waals surface area contributed by atoms with Gasteiger partial charge in [0.25, 0.3) is 5.56 Å². The molecule has 0 unspecified atom stereocenters. The number of aromatic amines is 1. The number of hydrogen-bond donors (Lipinski definition) is 1. The zero-order valence-corrected chi connectivity index (χ0v) is 18.9. The third-order valence-corrected chi connectivity index (χ3v) is 6.15. The smallest absolute Gasteiger partial charge is 0.329 e. The van der Waals surface area contributed by atoms with Gasteiger partial charge in [-0.05, 0) is 44.6 Å². The first kappa shape index (κ1) is 22.6. The molecule has 1 aliphatic heterocycles. The molecule has 0 aliphatic carbocycles. The predicted octanol–water partition coefficient (Wildman–Crippen LogP) is 4.27. The summed E-state index contributed by atoms with van der Waals surface area (Å²) in [6.07, 6.45) is 11.7. The van der Waals surface area contributed by atoms with E-state index < -0.39 is 0 Å². The van der Waals surface area contributed by atoms with E-state index >= 15 is 0 Å². The van der Waals surface area contributed by atoms with Crippen LogP contribution in [0.15, 0.2) is 70.3 Å². The van der Waals surface area contributed by atoms with Crippen LogP contribution in [-0.4, -0.2) is 22.6 Å². The van der Waals surface area contributed by atoms with Gasteiger partial charge >= 0.3 is 5.69 Å². The number of allylic oxidation sites excluding steroid dienone is 5. The zero-order chi connectivity index (χ0) is 22.4. The van der Waals surface area contributed by atoms with Crippen molar-refractivity contribution >= 4 is 5.82 Å². The summed E-state index contributed by atoms with van der Waals surface area (Å²) in [7, 11) is 1.53. The average molecular weight is 420 g/mol. The van der Waals surface area contributed by atoms with Crippen LogP contribution >= 0.6 is 0 Å². The maximum atomic E-state index is 13.0. The van der Waals surface area contributed by atoms with Gasteiger partial charge in [0.1, 0.15) is 5.82 Å². The highest BCUT2D eigenvalue weighted by molar-refractivity contribution is 5.48. The maximum Gasteiger partial charge on any atom is 0.329 e. The highest BCUT2D eigenvalue weighted by atomic mass is 16.2. The lowest BCUT2D eigenvalue weighted by Crippen LogP contribution is -2.42. The third kappa shape index (κ3) is 5.54. The third-order valence-electron chi connectivity index (χ3n) is 6.15. The lowest BCUT2D eigenvalue weighted by Gasteiger charge is -2.34. The van der Waals surface area contributed by atoms with E-state index in [1.54, 1.807) is 6.08 Å². The van der Waals surface area contributed by atoms with Crippen molar-refractivity contribution in [3.8, 4) is 0 Å². The van der Waals surface area contributed by atoms with Crippen LogP contribution < -0.4 is 16.1 Å².